The van der Waals surface area contributed by atoms with Gasteiger partial charge in [-0.15, -0.1) is 0 Å². The number of rotatable bonds is 13. The Morgan fingerprint density at radius 1 is 1.33 bits per heavy atom. The quantitative estimate of drug-likeness (QED) is 0.289. The first-order valence-electron chi connectivity index (χ1n) is 11.4. The number of aliphatic imine (C=N–C) groups is 1. The van der Waals surface area contributed by atoms with Gasteiger partial charge in [-0.05, 0) is 50.7 Å². The Morgan fingerprint density at radius 2 is 2.20 bits per heavy atom. The fourth-order valence-electron chi connectivity index (χ4n) is 3.39. The van der Waals surface area contributed by atoms with Crippen molar-refractivity contribution in [2.24, 2.45) is 16.8 Å². The molecule has 7 heteroatoms. The summed E-state index contributed by atoms with van der Waals surface area (Å²) in [7, 11) is 0. The van der Waals surface area contributed by atoms with E-state index in [9.17, 15) is 0 Å². The molecule has 2 rings (SSSR count). The van der Waals surface area contributed by atoms with Crippen LogP contribution >= 0.6 is 0 Å². The highest BCUT2D eigenvalue weighted by molar-refractivity contribution is 5.79. The van der Waals surface area contributed by atoms with Crippen molar-refractivity contribution in [3.05, 3.63) is 23.9 Å². The molecule has 2 heterocycles. The molecule has 2 N–H and O–H groups in total. The van der Waals surface area contributed by atoms with Crippen molar-refractivity contribution in [1.82, 2.24) is 15.6 Å². The lowest BCUT2D eigenvalue weighted by Gasteiger charge is -2.16. The molecule has 30 heavy (non-hydrogen) atoms. The highest BCUT2D eigenvalue weighted by Gasteiger charge is 2.15. The fraction of sp³-hybridized carbons (Fsp3) is 0.739. The molecule has 7 nitrogen and oxygen atoms in total. The first-order valence-corrected chi connectivity index (χ1v) is 11.4. The number of guanidine groups is 1. The van der Waals surface area contributed by atoms with Crippen LogP contribution in [0.5, 0.6) is 5.88 Å². The van der Waals surface area contributed by atoms with E-state index in [2.05, 4.69) is 48.3 Å². The normalized spacial score (nSPS) is 17.9. The lowest BCUT2D eigenvalue weighted by atomic mass is 10.1. The van der Waals surface area contributed by atoms with Crippen LogP contribution in [0.1, 0.15) is 52.5 Å². The highest BCUT2D eigenvalue weighted by Crippen LogP contribution is 2.15. The number of hydrogen-bond donors (Lipinski definition) is 2. The van der Waals surface area contributed by atoms with E-state index in [4.69, 9.17) is 14.2 Å². The summed E-state index contributed by atoms with van der Waals surface area (Å²) in [6.07, 6.45) is 5.01. The van der Waals surface area contributed by atoms with E-state index in [0.29, 0.717) is 24.3 Å². The predicted octanol–water partition coefficient (Wildman–Crippen LogP) is 3.39. The van der Waals surface area contributed by atoms with Crippen LogP contribution in [0.15, 0.2) is 23.3 Å². The topological polar surface area (TPSA) is 77.0 Å². The smallest absolute Gasteiger partial charge is 0.213 e. The molecule has 0 aliphatic carbocycles. The van der Waals surface area contributed by atoms with Crippen LogP contribution in [-0.2, 0) is 16.0 Å². The number of hydrogen-bond acceptors (Lipinski definition) is 5. The monoisotopic (exact) mass is 420 g/mol. The summed E-state index contributed by atoms with van der Waals surface area (Å²) in [5.41, 5.74) is 1.08. The van der Waals surface area contributed by atoms with Gasteiger partial charge >= 0.3 is 0 Å². The molecule has 1 aromatic heterocycles. The van der Waals surface area contributed by atoms with Gasteiger partial charge in [0.15, 0.2) is 5.96 Å². The van der Waals surface area contributed by atoms with Crippen LogP contribution in [0.4, 0.5) is 0 Å². The van der Waals surface area contributed by atoms with Gasteiger partial charge in [0.1, 0.15) is 0 Å². The van der Waals surface area contributed by atoms with Crippen LogP contribution in [-0.4, -0.2) is 56.6 Å². The Labute approximate surface area is 182 Å². The molecule has 1 aliphatic rings. The largest absolute Gasteiger partial charge is 0.475 e. The Kier molecular flexibility index (Phi) is 11.6. The molecule has 0 amide bonds. The van der Waals surface area contributed by atoms with Crippen LogP contribution in [0.25, 0.3) is 0 Å². The van der Waals surface area contributed by atoms with Gasteiger partial charge in [-0.25, -0.2) is 9.98 Å². The van der Waals surface area contributed by atoms with E-state index in [1.165, 1.54) is 0 Å². The molecule has 170 valence electrons. The molecule has 2 atom stereocenters. The molecular formula is C23H40N4O3. The Balaban J connectivity index is 1.72. The van der Waals surface area contributed by atoms with Gasteiger partial charge in [0.2, 0.25) is 5.88 Å². The average Bonchev–Trinajstić information content (AvgIpc) is 3.21. The van der Waals surface area contributed by atoms with Crippen LogP contribution < -0.4 is 15.4 Å². The third kappa shape index (κ3) is 10.3. The van der Waals surface area contributed by atoms with Gasteiger partial charge < -0.3 is 24.8 Å². The molecule has 1 aliphatic heterocycles. The SMILES string of the molecule is CCNC(=NCc1ccnc(OC(C)CC(C)C)c1)NCCCOCC1CCOC1. The Bertz CT molecular complexity index is 618. The second-order valence-corrected chi connectivity index (χ2v) is 8.34. The fourth-order valence-corrected chi connectivity index (χ4v) is 3.39. The van der Waals surface area contributed by atoms with Crippen LogP contribution in [0.2, 0.25) is 0 Å². The van der Waals surface area contributed by atoms with E-state index in [1.807, 2.05) is 12.1 Å². The number of nitrogens with zero attached hydrogens (tertiary/aromatic N) is 2. The maximum absolute atomic E-state index is 5.95. The number of nitrogens with one attached hydrogen (secondary N) is 2. The van der Waals surface area contributed by atoms with E-state index in [0.717, 1.165) is 70.3 Å². The third-order valence-corrected chi connectivity index (χ3v) is 4.82. The lowest BCUT2D eigenvalue weighted by Crippen LogP contribution is -2.38. The zero-order chi connectivity index (χ0) is 21.6. The highest BCUT2D eigenvalue weighted by atomic mass is 16.5. The van der Waals surface area contributed by atoms with Gasteiger partial charge in [0.05, 0.1) is 25.9 Å². The van der Waals surface area contributed by atoms with E-state index >= 15 is 0 Å². The van der Waals surface area contributed by atoms with Crippen molar-refractivity contribution in [1.29, 1.82) is 0 Å². The molecule has 1 saturated heterocycles. The van der Waals surface area contributed by atoms with Crippen molar-refractivity contribution in [3.63, 3.8) is 0 Å². The summed E-state index contributed by atoms with van der Waals surface area (Å²) in [5.74, 6) is 2.65. The second-order valence-electron chi connectivity index (χ2n) is 8.34. The van der Waals surface area contributed by atoms with Gasteiger partial charge in [-0.1, -0.05) is 13.8 Å². The van der Waals surface area contributed by atoms with Crippen LogP contribution in [0.3, 0.4) is 0 Å². The number of ether oxygens (including phenoxy) is 3. The summed E-state index contributed by atoms with van der Waals surface area (Å²) in [4.78, 5) is 9.02. The molecule has 2 unspecified atom stereocenters. The molecule has 0 aromatic carbocycles. The molecule has 1 aromatic rings. The molecular weight excluding hydrogens is 380 g/mol. The summed E-state index contributed by atoms with van der Waals surface area (Å²) in [6, 6.07) is 3.96. The van der Waals surface area contributed by atoms with Gasteiger partial charge in [0.25, 0.3) is 0 Å². The minimum Gasteiger partial charge on any atom is -0.475 e. The summed E-state index contributed by atoms with van der Waals surface area (Å²) < 4.78 is 17.1. The lowest BCUT2D eigenvalue weighted by molar-refractivity contribution is 0.0888. The van der Waals surface area contributed by atoms with Crippen molar-refractivity contribution in [2.75, 3.05) is 39.5 Å². The van der Waals surface area contributed by atoms with Gasteiger partial charge in [0, 0.05) is 44.5 Å². The average molecular weight is 421 g/mol. The minimum atomic E-state index is 0.152. The molecule has 1 fully saturated rings. The second kappa shape index (κ2) is 14.2. The zero-order valence-electron chi connectivity index (χ0n) is 19.2. The third-order valence-electron chi connectivity index (χ3n) is 4.82. The minimum absolute atomic E-state index is 0.152. The van der Waals surface area contributed by atoms with Crippen molar-refractivity contribution < 1.29 is 14.2 Å². The van der Waals surface area contributed by atoms with Gasteiger partial charge in [-0.2, -0.15) is 0 Å². The van der Waals surface area contributed by atoms with Crippen molar-refractivity contribution >= 4 is 5.96 Å². The van der Waals surface area contributed by atoms with E-state index in [1.54, 1.807) is 6.20 Å². The van der Waals surface area contributed by atoms with Crippen molar-refractivity contribution in [3.8, 4) is 5.88 Å². The summed E-state index contributed by atoms with van der Waals surface area (Å²) in [6.45, 7) is 14.0. The molecule has 0 radical (unpaired) electrons. The Morgan fingerprint density at radius 3 is 2.93 bits per heavy atom. The summed E-state index contributed by atoms with van der Waals surface area (Å²) >= 11 is 0. The standard InChI is InChI=1S/C23H40N4O3/c1-5-24-23(26-9-6-11-28-16-21-8-12-29-17-21)27-15-20-7-10-25-22(14-20)30-19(4)13-18(2)3/h7,10,14,18-19,21H,5-6,8-9,11-13,15-17H2,1-4H3,(H2,24,26,27). The molecule has 0 spiro atoms. The maximum Gasteiger partial charge on any atom is 0.213 e. The zero-order valence-corrected chi connectivity index (χ0v) is 19.2. The molecule has 0 bridgehead atoms. The first-order chi connectivity index (χ1) is 14.6. The first kappa shape index (κ1) is 24.4. The van der Waals surface area contributed by atoms with E-state index < -0.39 is 0 Å². The number of pyridine rings is 1. The molecule has 0 saturated carbocycles. The van der Waals surface area contributed by atoms with Crippen molar-refractivity contribution in [2.45, 2.75) is 59.6 Å². The van der Waals surface area contributed by atoms with Crippen LogP contribution in [0, 0.1) is 11.8 Å². The maximum atomic E-state index is 5.95. The van der Waals surface area contributed by atoms with Gasteiger partial charge in [-0.3, -0.25) is 0 Å². The van der Waals surface area contributed by atoms with E-state index in [-0.39, 0.29) is 6.10 Å². The Hall–Kier alpha value is -1.86. The predicted molar refractivity (Wildman–Crippen MR) is 121 cm³/mol. The summed E-state index contributed by atoms with van der Waals surface area (Å²) in [5, 5.41) is 6.67. The number of aromatic nitrogens is 1.